The number of aromatic nitrogens is 5. The van der Waals surface area contributed by atoms with Crippen molar-refractivity contribution in [3.63, 3.8) is 0 Å². The van der Waals surface area contributed by atoms with Crippen LogP contribution in [0.25, 0.3) is 28.7 Å². The smallest absolute Gasteiger partial charge is 0.280 e. The van der Waals surface area contributed by atoms with Gasteiger partial charge in [-0.1, -0.05) is 10.4 Å². The van der Waals surface area contributed by atoms with Gasteiger partial charge in [0.2, 0.25) is 12.6 Å². The molecule has 0 unspecified atom stereocenters. The molecule has 1 aliphatic heterocycles. The molecule has 3 heterocycles. The Morgan fingerprint density at radius 3 is 2.68 bits per heavy atom. The molecule has 9 nitrogen and oxygen atoms in total. The average Bonchev–Trinajstić information content (AvgIpc) is 3.46. The largest absolute Gasteiger partial charge is 0.497 e. The van der Waals surface area contributed by atoms with E-state index in [2.05, 4.69) is 20.5 Å². The summed E-state index contributed by atoms with van der Waals surface area (Å²) in [6.45, 7) is 2.11. The predicted octanol–water partition coefficient (Wildman–Crippen LogP) is 3.03. The number of hydrogen-bond donors (Lipinski definition) is 0. The first-order valence-corrected chi connectivity index (χ1v) is 8.54. The SMILES string of the molecule is COc1ccc(-n2nnc(-c3nc(-c4ccc5c(c4)OCO5)no3)c2C)cc1. The summed E-state index contributed by atoms with van der Waals surface area (Å²) in [4.78, 5) is 4.46. The number of fused-ring (bicyclic) bond motifs is 1. The van der Waals surface area contributed by atoms with Crippen LogP contribution in [-0.2, 0) is 0 Å². The van der Waals surface area contributed by atoms with E-state index in [0.717, 1.165) is 22.7 Å². The number of hydrogen-bond acceptors (Lipinski definition) is 8. The molecule has 0 aliphatic carbocycles. The van der Waals surface area contributed by atoms with E-state index in [9.17, 15) is 0 Å². The molecular weight excluding hydrogens is 362 g/mol. The van der Waals surface area contributed by atoms with Gasteiger partial charge in [0.05, 0.1) is 18.5 Å². The molecule has 0 saturated heterocycles. The van der Waals surface area contributed by atoms with E-state index < -0.39 is 0 Å². The molecule has 0 amide bonds. The van der Waals surface area contributed by atoms with Gasteiger partial charge >= 0.3 is 0 Å². The third kappa shape index (κ3) is 2.64. The summed E-state index contributed by atoms with van der Waals surface area (Å²) in [5, 5.41) is 12.5. The first kappa shape index (κ1) is 16.3. The number of rotatable bonds is 4. The summed E-state index contributed by atoms with van der Waals surface area (Å²) >= 11 is 0. The highest BCUT2D eigenvalue weighted by Crippen LogP contribution is 2.35. The third-order valence-electron chi connectivity index (χ3n) is 4.47. The Labute approximate surface area is 159 Å². The van der Waals surface area contributed by atoms with Gasteiger partial charge in [0.1, 0.15) is 5.75 Å². The molecule has 1 aliphatic rings. The molecule has 0 spiro atoms. The molecule has 2 aromatic heterocycles. The Morgan fingerprint density at radius 1 is 1.04 bits per heavy atom. The van der Waals surface area contributed by atoms with Crippen LogP contribution in [0.5, 0.6) is 17.2 Å². The lowest BCUT2D eigenvalue weighted by molar-refractivity contribution is 0.174. The Balaban J connectivity index is 1.47. The molecule has 140 valence electrons. The maximum absolute atomic E-state index is 5.42. The summed E-state index contributed by atoms with van der Waals surface area (Å²) in [5.41, 5.74) is 2.92. The number of nitrogens with zero attached hydrogens (tertiary/aromatic N) is 5. The van der Waals surface area contributed by atoms with Gasteiger partial charge in [-0.2, -0.15) is 4.98 Å². The molecule has 0 saturated carbocycles. The summed E-state index contributed by atoms with van der Waals surface area (Å²) < 4.78 is 23.0. The molecule has 0 fully saturated rings. The van der Waals surface area contributed by atoms with Gasteiger partial charge in [0.25, 0.3) is 5.89 Å². The Bertz CT molecular complexity index is 1150. The van der Waals surface area contributed by atoms with E-state index in [1.807, 2.05) is 49.4 Å². The maximum Gasteiger partial charge on any atom is 0.280 e. The third-order valence-corrected chi connectivity index (χ3v) is 4.47. The fourth-order valence-corrected chi connectivity index (χ4v) is 2.97. The zero-order valence-electron chi connectivity index (χ0n) is 15.1. The molecule has 0 bridgehead atoms. The summed E-state index contributed by atoms with van der Waals surface area (Å²) in [7, 11) is 1.63. The van der Waals surface area contributed by atoms with E-state index in [1.165, 1.54) is 0 Å². The first-order chi connectivity index (χ1) is 13.7. The zero-order chi connectivity index (χ0) is 19.1. The second-order valence-corrected chi connectivity index (χ2v) is 6.12. The molecule has 5 rings (SSSR count). The van der Waals surface area contributed by atoms with Crippen LogP contribution in [0, 0.1) is 6.92 Å². The minimum absolute atomic E-state index is 0.212. The van der Waals surface area contributed by atoms with E-state index in [-0.39, 0.29) is 6.79 Å². The molecule has 0 N–H and O–H groups in total. The monoisotopic (exact) mass is 377 g/mol. The lowest BCUT2D eigenvalue weighted by Crippen LogP contribution is -1.99. The van der Waals surface area contributed by atoms with Crippen LogP contribution in [0.1, 0.15) is 5.69 Å². The molecule has 28 heavy (non-hydrogen) atoms. The fraction of sp³-hybridized carbons (Fsp3) is 0.158. The van der Waals surface area contributed by atoms with Crippen molar-refractivity contribution in [2.45, 2.75) is 6.92 Å². The Morgan fingerprint density at radius 2 is 1.86 bits per heavy atom. The quantitative estimate of drug-likeness (QED) is 0.535. The van der Waals surface area contributed by atoms with Crippen molar-refractivity contribution in [1.29, 1.82) is 0 Å². The van der Waals surface area contributed by atoms with Crippen molar-refractivity contribution in [2.75, 3.05) is 13.9 Å². The highest BCUT2D eigenvalue weighted by atomic mass is 16.7. The molecule has 9 heteroatoms. The minimum atomic E-state index is 0.212. The lowest BCUT2D eigenvalue weighted by Gasteiger charge is -2.04. The molecule has 2 aromatic carbocycles. The minimum Gasteiger partial charge on any atom is -0.497 e. The van der Waals surface area contributed by atoms with Crippen molar-refractivity contribution >= 4 is 0 Å². The van der Waals surface area contributed by atoms with Crippen molar-refractivity contribution in [3.8, 4) is 45.9 Å². The van der Waals surface area contributed by atoms with E-state index >= 15 is 0 Å². The number of ether oxygens (including phenoxy) is 3. The van der Waals surface area contributed by atoms with Crippen LogP contribution in [0.3, 0.4) is 0 Å². The van der Waals surface area contributed by atoms with Gasteiger partial charge in [-0.3, -0.25) is 0 Å². The molecular formula is C19H15N5O4. The van der Waals surface area contributed by atoms with Crippen molar-refractivity contribution in [3.05, 3.63) is 48.2 Å². The second kappa shape index (κ2) is 6.38. The number of benzene rings is 2. The zero-order valence-corrected chi connectivity index (χ0v) is 15.1. The first-order valence-electron chi connectivity index (χ1n) is 8.54. The highest BCUT2D eigenvalue weighted by Gasteiger charge is 2.20. The van der Waals surface area contributed by atoms with Crippen LogP contribution in [0.15, 0.2) is 47.0 Å². The van der Waals surface area contributed by atoms with Crippen LogP contribution in [-0.4, -0.2) is 39.0 Å². The molecule has 0 radical (unpaired) electrons. The van der Waals surface area contributed by atoms with Gasteiger partial charge in [-0.25, -0.2) is 4.68 Å². The van der Waals surface area contributed by atoms with Crippen molar-refractivity contribution < 1.29 is 18.7 Å². The lowest BCUT2D eigenvalue weighted by atomic mass is 10.2. The predicted molar refractivity (Wildman–Crippen MR) is 97.5 cm³/mol. The summed E-state index contributed by atoms with van der Waals surface area (Å²) in [6.07, 6.45) is 0. The summed E-state index contributed by atoms with van der Waals surface area (Å²) in [6, 6.07) is 13.0. The van der Waals surface area contributed by atoms with Gasteiger partial charge in [0.15, 0.2) is 17.2 Å². The number of methoxy groups -OCH3 is 1. The highest BCUT2D eigenvalue weighted by molar-refractivity contribution is 5.63. The molecule has 0 atom stereocenters. The van der Waals surface area contributed by atoms with Crippen LogP contribution >= 0.6 is 0 Å². The average molecular weight is 377 g/mol. The van der Waals surface area contributed by atoms with Crippen molar-refractivity contribution in [1.82, 2.24) is 25.1 Å². The molecule has 4 aromatic rings. The van der Waals surface area contributed by atoms with Crippen LogP contribution < -0.4 is 14.2 Å². The van der Waals surface area contributed by atoms with E-state index in [4.69, 9.17) is 18.7 Å². The van der Waals surface area contributed by atoms with Crippen LogP contribution in [0.4, 0.5) is 0 Å². The fourth-order valence-electron chi connectivity index (χ4n) is 2.97. The topological polar surface area (TPSA) is 97.3 Å². The van der Waals surface area contributed by atoms with Gasteiger partial charge in [0, 0.05) is 5.56 Å². The normalized spacial score (nSPS) is 12.4. The Kier molecular flexibility index (Phi) is 3.71. The van der Waals surface area contributed by atoms with Crippen LogP contribution in [0.2, 0.25) is 0 Å². The van der Waals surface area contributed by atoms with Gasteiger partial charge < -0.3 is 18.7 Å². The Hall–Kier alpha value is -3.88. The second-order valence-electron chi connectivity index (χ2n) is 6.12. The van der Waals surface area contributed by atoms with Gasteiger partial charge in [-0.05, 0) is 49.4 Å². The van der Waals surface area contributed by atoms with E-state index in [0.29, 0.717) is 28.9 Å². The van der Waals surface area contributed by atoms with Crippen molar-refractivity contribution in [2.24, 2.45) is 0 Å². The van der Waals surface area contributed by atoms with Gasteiger partial charge in [-0.15, -0.1) is 5.10 Å². The van der Waals surface area contributed by atoms with E-state index in [1.54, 1.807) is 11.8 Å². The standard InChI is InChI=1S/C19H15N5O4/c1-11-17(21-23-24(11)13-4-6-14(25-2)7-5-13)19-20-18(22-28-19)12-3-8-15-16(9-12)27-10-26-15/h3-9H,10H2,1-2H3. The summed E-state index contributed by atoms with van der Waals surface area (Å²) in [5.74, 6) is 2.86. The maximum atomic E-state index is 5.42.